The Labute approximate surface area is 160 Å². The Morgan fingerprint density at radius 3 is 1.59 bits per heavy atom. The number of amides is 1. The molecular formula is C24H22N2O. The molecule has 0 aromatic heterocycles. The summed E-state index contributed by atoms with van der Waals surface area (Å²) in [5.41, 5.74) is 2.57. The van der Waals surface area contributed by atoms with Gasteiger partial charge in [0.2, 0.25) is 0 Å². The van der Waals surface area contributed by atoms with E-state index in [2.05, 4.69) is 24.3 Å². The first-order chi connectivity index (χ1) is 13.3. The molecule has 1 heterocycles. The van der Waals surface area contributed by atoms with Gasteiger partial charge in [0.15, 0.2) is 0 Å². The van der Waals surface area contributed by atoms with Gasteiger partial charge in [0, 0.05) is 12.8 Å². The highest BCUT2D eigenvalue weighted by Crippen LogP contribution is 2.30. The van der Waals surface area contributed by atoms with E-state index >= 15 is 0 Å². The van der Waals surface area contributed by atoms with E-state index in [1.54, 1.807) is 11.2 Å². The summed E-state index contributed by atoms with van der Waals surface area (Å²) in [6.07, 6.45) is 2.92. The summed E-state index contributed by atoms with van der Waals surface area (Å²) in [5, 5.41) is 0. The molecule has 0 spiro atoms. The lowest BCUT2D eigenvalue weighted by molar-refractivity contribution is -0.131. The maximum atomic E-state index is 13.4. The Morgan fingerprint density at radius 2 is 1.11 bits per heavy atom. The number of hydrogen-bond donors (Lipinski definition) is 0. The Hall–Kier alpha value is -3.20. The van der Waals surface area contributed by atoms with Gasteiger partial charge >= 0.3 is 0 Å². The largest absolute Gasteiger partial charge is 0.297 e. The number of hydrogen-bond acceptors (Lipinski definition) is 2. The molecule has 27 heavy (non-hydrogen) atoms. The third kappa shape index (κ3) is 3.82. The molecule has 0 saturated carbocycles. The van der Waals surface area contributed by atoms with Gasteiger partial charge in [-0.1, -0.05) is 91.0 Å². The van der Waals surface area contributed by atoms with Crippen molar-refractivity contribution in [3.05, 3.63) is 108 Å². The van der Waals surface area contributed by atoms with Crippen molar-refractivity contribution >= 4 is 12.2 Å². The van der Waals surface area contributed by atoms with Gasteiger partial charge in [0.05, 0.1) is 12.9 Å². The average molecular weight is 354 g/mol. The molecule has 0 atom stereocenters. The molecule has 3 heteroatoms. The number of aliphatic imine (C=N–C) groups is 1. The van der Waals surface area contributed by atoms with Gasteiger partial charge in [0.1, 0.15) is 5.54 Å². The molecule has 1 aliphatic heterocycles. The van der Waals surface area contributed by atoms with Gasteiger partial charge in [-0.3, -0.25) is 14.7 Å². The minimum atomic E-state index is -0.780. The summed E-state index contributed by atoms with van der Waals surface area (Å²) in [7, 11) is 0. The first-order valence-corrected chi connectivity index (χ1v) is 9.23. The van der Waals surface area contributed by atoms with Crippen molar-refractivity contribution in [2.75, 3.05) is 0 Å². The van der Waals surface area contributed by atoms with Crippen LogP contribution in [0.3, 0.4) is 0 Å². The Balaban J connectivity index is 1.62. The van der Waals surface area contributed by atoms with Gasteiger partial charge in [0.25, 0.3) is 5.91 Å². The van der Waals surface area contributed by atoms with Crippen LogP contribution in [0.15, 0.2) is 96.0 Å². The van der Waals surface area contributed by atoms with Crippen LogP contribution < -0.4 is 0 Å². The second kappa shape index (κ2) is 7.58. The predicted octanol–water partition coefficient (Wildman–Crippen LogP) is 4.28. The minimum Gasteiger partial charge on any atom is -0.297 e. The summed E-state index contributed by atoms with van der Waals surface area (Å²) < 4.78 is 0. The van der Waals surface area contributed by atoms with Crippen LogP contribution in [-0.2, 0) is 24.2 Å². The van der Waals surface area contributed by atoms with Crippen molar-refractivity contribution < 1.29 is 4.79 Å². The minimum absolute atomic E-state index is 0.0686. The summed E-state index contributed by atoms with van der Waals surface area (Å²) in [5.74, 6) is 0.0686. The maximum absolute atomic E-state index is 13.4. The zero-order chi connectivity index (χ0) is 18.5. The fourth-order valence-corrected chi connectivity index (χ4v) is 3.62. The van der Waals surface area contributed by atoms with Gasteiger partial charge in [-0.2, -0.15) is 0 Å². The van der Waals surface area contributed by atoms with E-state index in [1.165, 1.54) is 0 Å². The van der Waals surface area contributed by atoms with Gasteiger partial charge in [-0.25, -0.2) is 0 Å². The lowest BCUT2D eigenvalue weighted by Crippen LogP contribution is -2.44. The molecular weight excluding hydrogens is 332 g/mol. The van der Waals surface area contributed by atoms with E-state index in [0.29, 0.717) is 19.4 Å². The highest BCUT2D eigenvalue weighted by molar-refractivity contribution is 6.00. The average Bonchev–Trinajstić information content (AvgIpc) is 3.00. The molecule has 0 saturated heterocycles. The molecule has 4 rings (SSSR count). The van der Waals surface area contributed by atoms with E-state index in [4.69, 9.17) is 4.99 Å². The van der Waals surface area contributed by atoms with Crippen molar-refractivity contribution in [3.63, 3.8) is 0 Å². The second-order valence-corrected chi connectivity index (χ2v) is 7.02. The highest BCUT2D eigenvalue weighted by atomic mass is 16.2. The molecule has 0 bridgehead atoms. The third-order valence-corrected chi connectivity index (χ3v) is 4.98. The van der Waals surface area contributed by atoms with Gasteiger partial charge in [-0.15, -0.1) is 0 Å². The smallest absolute Gasteiger partial charge is 0.256 e. The van der Waals surface area contributed by atoms with Crippen molar-refractivity contribution in [3.8, 4) is 0 Å². The van der Waals surface area contributed by atoms with E-state index < -0.39 is 5.54 Å². The van der Waals surface area contributed by atoms with Crippen LogP contribution in [0.1, 0.15) is 16.7 Å². The SMILES string of the molecule is O=C1N(Cc2ccccc2)C=NC1(Cc1ccccc1)Cc1ccccc1. The summed E-state index contributed by atoms with van der Waals surface area (Å²) >= 11 is 0. The van der Waals surface area contributed by atoms with E-state index in [9.17, 15) is 4.79 Å². The third-order valence-electron chi connectivity index (χ3n) is 4.98. The lowest BCUT2D eigenvalue weighted by atomic mass is 9.84. The quantitative estimate of drug-likeness (QED) is 0.650. The van der Waals surface area contributed by atoms with Crippen LogP contribution in [-0.4, -0.2) is 22.7 Å². The van der Waals surface area contributed by atoms with Gasteiger partial charge < -0.3 is 0 Å². The molecule has 3 nitrogen and oxygen atoms in total. The van der Waals surface area contributed by atoms with E-state index in [1.807, 2.05) is 66.7 Å². The fourth-order valence-electron chi connectivity index (χ4n) is 3.62. The van der Waals surface area contributed by atoms with Crippen LogP contribution in [0.5, 0.6) is 0 Å². The van der Waals surface area contributed by atoms with Crippen LogP contribution in [0, 0.1) is 0 Å². The molecule has 1 aliphatic rings. The molecule has 0 fully saturated rings. The second-order valence-electron chi connectivity index (χ2n) is 7.02. The van der Waals surface area contributed by atoms with Crippen LogP contribution in [0.4, 0.5) is 0 Å². The van der Waals surface area contributed by atoms with Crippen LogP contribution >= 0.6 is 0 Å². The molecule has 3 aromatic rings. The van der Waals surface area contributed by atoms with Crippen molar-refractivity contribution in [1.29, 1.82) is 0 Å². The Kier molecular flexibility index (Phi) is 4.84. The standard InChI is InChI=1S/C24H22N2O/c27-23-24(16-20-10-4-1-5-11-20,17-21-12-6-2-7-13-21)25-19-26(23)18-22-14-8-3-9-15-22/h1-15,19H,16-18H2. The number of nitrogens with zero attached hydrogens (tertiary/aromatic N) is 2. The topological polar surface area (TPSA) is 32.7 Å². The molecule has 0 unspecified atom stereocenters. The summed E-state index contributed by atoms with van der Waals surface area (Å²) in [4.78, 5) is 20.0. The van der Waals surface area contributed by atoms with E-state index in [-0.39, 0.29) is 5.91 Å². The number of carbonyl (C=O) groups is 1. The Morgan fingerprint density at radius 1 is 0.667 bits per heavy atom. The lowest BCUT2D eigenvalue weighted by Gasteiger charge is -2.27. The number of rotatable bonds is 6. The number of benzene rings is 3. The van der Waals surface area contributed by atoms with Crippen LogP contribution in [0.2, 0.25) is 0 Å². The maximum Gasteiger partial charge on any atom is 0.256 e. The Bertz CT molecular complexity index is 879. The first kappa shape index (κ1) is 17.2. The highest BCUT2D eigenvalue weighted by Gasteiger charge is 2.44. The van der Waals surface area contributed by atoms with Crippen molar-refractivity contribution in [2.45, 2.75) is 24.9 Å². The number of carbonyl (C=O) groups excluding carboxylic acids is 1. The molecule has 1 amide bonds. The van der Waals surface area contributed by atoms with E-state index in [0.717, 1.165) is 16.7 Å². The summed E-state index contributed by atoms with van der Waals surface area (Å²) in [6, 6.07) is 30.3. The molecule has 0 radical (unpaired) electrons. The van der Waals surface area contributed by atoms with Crippen LogP contribution in [0.25, 0.3) is 0 Å². The molecule has 134 valence electrons. The van der Waals surface area contributed by atoms with Crippen molar-refractivity contribution in [2.24, 2.45) is 4.99 Å². The first-order valence-electron chi connectivity index (χ1n) is 9.23. The molecule has 0 aliphatic carbocycles. The summed E-state index contributed by atoms with van der Waals surface area (Å²) in [6.45, 7) is 0.550. The molecule has 3 aromatic carbocycles. The zero-order valence-corrected chi connectivity index (χ0v) is 15.2. The zero-order valence-electron chi connectivity index (χ0n) is 15.2. The normalized spacial score (nSPS) is 15.3. The fraction of sp³-hybridized carbons (Fsp3) is 0.167. The monoisotopic (exact) mass is 354 g/mol. The van der Waals surface area contributed by atoms with Crippen molar-refractivity contribution in [1.82, 2.24) is 4.90 Å². The van der Waals surface area contributed by atoms with Gasteiger partial charge in [-0.05, 0) is 16.7 Å². The molecule has 0 N–H and O–H groups in total. The predicted molar refractivity (Wildman–Crippen MR) is 109 cm³/mol.